The molecule has 0 saturated carbocycles. The average Bonchev–Trinajstić information content (AvgIpc) is 3.27. The van der Waals surface area contributed by atoms with Gasteiger partial charge in [0, 0.05) is 25.3 Å². The fraction of sp³-hybridized carbons (Fsp3) is 0.227. The summed E-state index contributed by atoms with van der Waals surface area (Å²) >= 11 is 1.35. The van der Waals surface area contributed by atoms with Crippen LogP contribution in [0.5, 0.6) is 5.75 Å². The molecule has 148 valence electrons. The van der Waals surface area contributed by atoms with Crippen LogP contribution < -0.4 is 19.7 Å². The predicted molar refractivity (Wildman–Crippen MR) is 118 cm³/mol. The molecule has 0 saturated heterocycles. The first-order valence-electron chi connectivity index (χ1n) is 9.47. The Labute approximate surface area is 172 Å². The normalized spacial score (nSPS) is 11.9. The SMILES string of the molecule is CCCOc1ccc(-c2nc3sc(=Cc4ccc(N(C)C)cc4)c(=O)n3n2)cc1. The van der Waals surface area contributed by atoms with E-state index >= 15 is 0 Å². The summed E-state index contributed by atoms with van der Waals surface area (Å²) in [6.45, 7) is 2.76. The molecule has 7 heteroatoms. The lowest BCUT2D eigenvalue weighted by atomic mass is 10.2. The van der Waals surface area contributed by atoms with E-state index in [1.807, 2.05) is 73.6 Å². The molecule has 0 unspecified atom stereocenters. The van der Waals surface area contributed by atoms with Crippen LogP contribution in [0, 0.1) is 0 Å². The molecule has 0 bridgehead atoms. The number of benzene rings is 2. The second kappa shape index (κ2) is 8.05. The maximum Gasteiger partial charge on any atom is 0.291 e. The van der Waals surface area contributed by atoms with E-state index < -0.39 is 0 Å². The van der Waals surface area contributed by atoms with Crippen LogP contribution in [-0.4, -0.2) is 35.3 Å². The van der Waals surface area contributed by atoms with Crippen LogP contribution in [0.15, 0.2) is 53.3 Å². The molecule has 0 aliphatic rings. The van der Waals surface area contributed by atoms with Gasteiger partial charge in [0.2, 0.25) is 4.96 Å². The lowest BCUT2D eigenvalue weighted by Crippen LogP contribution is -2.23. The van der Waals surface area contributed by atoms with Crippen molar-refractivity contribution in [1.82, 2.24) is 14.6 Å². The first kappa shape index (κ1) is 19.1. The fourth-order valence-electron chi connectivity index (χ4n) is 2.90. The molecule has 6 nitrogen and oxygen atoms in total. The van der Waals surface area contributed by atoms with E-state index in [0.717, 1.165) is 29.0 Å². The zero-order valence-corrected chi connectivity index (χ0v) is 17.4. The summed E-state index contributed by atoms with van der Waals surface area (Å²) in [5, 5.41) is 4.41. The molecule has 2 aromatic heterocycles. The monoisotopic (exact) mass is 406 g/mol. The fourth-order valence-corrected chi connectivity index (χ4v) is 3.80. The zero-order valence-electron chi connectivity index (χ0n) is 16.6. The molecular formula is C22H22N4O2S. The molecule has 2 aromatic carbocycles. The quantitative estimate of drug-likeness (QED) is 0.492. The third-order valence-electron chi connectivity index (χ3n) is 4.47. The van der Waals surface area contributed by atoms with Gasteiger partial charge in [0.25, 0.3) is 5.56 Å². The number of nitrogens with zero attached hydrogens (tertiary/aromatic N) is 4. The molecule has 0 aliphatic heterocycles. The molecule has 0 amide bonds. The summed E-state index contributed by atoms with van der Waals surface area (Å²) in [6, 6.07) is 15.7. The van der Waals surface area contributed by atoms with Gasteiger partial charge in [-0.3, -0.25) is 4.79 Å². The molecule has 0 fully saturated rings. The number of hydrogen-bond acceptors (Lipinski definition) is 6. The highest BCUT2D eigenvalue weighted by molar-refractivity contribution is 7.15. The third kappa shape index (κ3) is 4.00. The minimum absolute atomic E-state index is 0.150. The summed E-state index contributed by atoms with van der Waals surface area (Å²) in [4.78, 5) is 19.9. The summed E-state index contributed by atoms with van der Waals surface area (Å²) in [6.07, 6.45) is 2.84. The molecule has 29 heavy (non-hydrogen) atoms. The number of anilines is 1. The average molecular weight is 407 g/mol. The Bertz CT molecular complexity index is 1230. The van der Waals surface area contributed by atoms with Crippen molar-refractivity contribution >= 4 is 28.1 Å². The van der Waals surface area contributed by atoms with Gasteiger partial charge in [-0.25, -0.2) is 0 Å². The van der Waals surface area contributed by atoms with Gasteiger partial charge in [0.05, 0.1) is 11.1 Å². The number of fused-ring (bicyclic) bond motifs is 1. The molecule has 2 heterocycles. The Kier molecular flexibility index (Phi) is 5.31. The van der Waals surface area contributed by atoms with Crippen LogP contribution >= 0.6 is 11.3 Å². The lowest BCUT2D eigenvalue weighted by molar-refractivity contribution is 0.317. The minimum Gasteiger partial charge on any atom is -0.494 e. The van der Waals surface area contributed by atoms with Gasteiger partial charge in [-0.1, -0.05) is 30.4 Å². The highest BCUT2D eigenvalue weighted by Crippen LogP contribution is 2.20. The Morgan fingerprint density at radius 2 is 1.83 bits per heavy atom. The van der Waals surface area contributed by atoms with Crippen molar-refractivity contribution in [2.45, 2.75) is 13.3 Å². The highest BCUT2D eigenvalue weighted by atomic mass is 32.1. The van der Waals surface area contributed by atoms with Crippen LogP contribution in [0.25, 0.3) is 22.4 Å². The van der Waals surface area contributed by atoms with Crippen molar-refractivity contribution in [3.8, 4) is 17.1 Å². The zero-order chi connectivity index (χ0) is 20.4. The molecule has 0 aliphatic carbocycles. The largest absolute Gasteiger partial charge is 0.494 e. The second-order valence-electron chi connectivity index (χ2n) is 6.90. The summed E-state index contributed by atoms with van der Waals surface area (Å²) in [5.74, 6) is 1.36. The number of rotatable bonds is 6. The van der Waals surface area contributed by atoms with Crippen molar-refractivity contribution in [1.29, 1.82) is 0 Å². The van der Waals surface area contributed by atoms with Gasteiger partial charge in [-0.05, 0) is 54.5 Å². The van der Waals surface area contributed by atoms with Gasteiger partial charge >= 0.3 is 0 Å². The van der Waals surface area contributed by atoms with E-state index in [4.69, 9.17) is 4.74 Å². The molecule has 0 spiro atoms. The van der Waals surface area contributed by atoms with Gasteiger partial charge in [-0.2, -0.15) is 9.50 Å². The molecule has 4 aromatic rings. The maximum absolute atomic E-state index is 12.7. The Morgan fingerprint density at radius 3 is 2.45 bits per heavy atom. The standard InChI is InChI=1S/C22H22N4O2S/c1-4-13-28-18-11-7-16(8-12-18)20-23-22-26(24-20)21(27)19(29-22)14-15-5-9-17(10-6-15)25(2)3/h5-12,14H,4,13H2,1-3H3. The highest BCUT2D eigenvalue weighted by Gasteiger charge is 2.12. The van der Waals surface area contributed by atoms with E-state index in [-0.39, 0.29) is 5.56 Å². The van der Waals surface area contributed by atoms with Gasteiger partial charge < -0.3 is 9.64 Å². The van der Waals surface area contributed by atoms with Crippen LogP contribution in [-0.2, 0) is 0 Å². The number of ether oxygens (including phenoxy) is 1. The second-order valence-corrected chi connectivity index (χ2v) is 7.91. The first-order valence-corrected chi connectivity index (χ1v) is 10.3. The molecular weight excluding hydrogens is 384 g/mol. The Balaban J connectivity index is 1.63. The van der Waals surface area contributed by atoms with Crippen molar-refractivity contribution < 1.29 is 4.74 Å². The summed E-state index contributed by atoms with van der Waals surface area (Å²) in [7, 11) is 4.00. The first-order chi connectivity index (χ1) is 14.0. The topological polar surface area (TPSA) is 59.7 Å². The van der Waals surface area contributed by atoms with Gasteiger partial charge in [-0.15, -0.1) is 5.10 Å². The Morgan fingerprint density at radius 1 is 1.10 bits per heavy atom. The molecule has 0 N–H and O–H groups in total. The van der Waals surface area contributed by atoms with E-state index in [1.54, 1.807) is 0 Å². The lowest BCUT2D eigenvalue weighted by Gasteiger charge is -2.11. The van der Waals surface area contributed by atoms with E-state index in [1.165, 1.54) is 15.9 Å². The van der Waals surface area contributed by atoms with Crippen molar-refractivity contribution in [2.24, 2.45) is 0 Å². The smallest absolute Gasteiger partial charge is 0.291 e. The van der Waals surface area contributed by atoms with Gasteiger partial charge in [0.1, 0.15) is 5.75 Å². The van der Waals surface area contributed by atoms with Crippen molar-refractivity contribution in [2.75, 3.05) is 25.6 Å². The van der Waals surface area contributed by atoms with Crippen LogP contribution in [0.2, 0.25) is 0 Å². The molecule has 0 radical (unpaired) electrons. The third-order valence-corrected chi connectivity index (χ3v) is 5.43. The number of aromatic nitrogens is 3. The van der Waals surface area contributed by atoms with Crippen molar-refractivity contribution in [3.05, 3.63) is 69.0 Å². The van der Waals surface area contributed by atoms with Crippen LogP contribution in [0.1, 0.15) is 18.9 Å². The summed E-state index contributed by atoms with van der Waals surface area (Å²) in [5.41, 5.74) is 2.79. The Hall–Kier alpha value is -3.19. The van der Waals surface area contributed by atoms with E-state index in [9.17, 15) is 4.79 Å². The summed E-state index contributed by atoms with van der Waals surface area (Å²) < 4.78 is 7.60. The predicted octanol–water partition coefficient (Wildman–Crippen LogP) is 3.22. The van der Waals surface area contributed by atoms with E-state index in [2.05, 4.69) is 17.0 Å². The molecule has 0 atom stereocenters. The van der Waals surface area contributed by atoms with Crippen LogP contribution in [0.3, 0.4) is 0 Å². The van der Waals surface area contributed by atoms with E-state index in [0.29, 0.717) is 21.9 Å². The van der Waals surface area contributed by atoms with Gasteiger partial charge in [0.15, 0.2) is 5.82 Å². The number of thiazole rings is 1. The van der Waals surface area contributed by atoms with Crippen molar-refractivity contribution in [3.63, 3.8) is 0 Å². The maximum atomic E-state index is 12.7. The molecule has 4 rings (SSSR count). The number of hydrogen-bond donors (Lipinski definition) is 0. The minimum atomic E-state index is -0.150. The van der Waals surface area contributed by atoms with Crippen LogP contribution in [0.4, 0.5) is 5.69 Å².